The topological polar surface area (TPSA) is 81.8 Å². The number of aromatic nitrogens is 3. The number of rotatable bonds is 4. The number of hydrogen-bond donors (Lipinski definition) is 0. The Kier molecular flexibility index (Phi) is 7.27. The van der Waals surface area contributed by atoms with Gasteiger partial charge in [-0.05, 0) is 72.1 Å². The van der Waals surface area contributed by atoms with Crippen LogP contribution in [0.1, 0.15) is 84.9 Å². The molecule has 0 unspecified atom stereocenters. The van der Waals surface area contributed by atoms with Crippen LogP contribution in [0.4, 0.5) is 4.79 Å². The average molecular weight is 586 g/mol. The highest BCUT2D eigenvalue weighted by molar-refractivity contribution is 7.15. The quantitative estimate of drug-likeness (QED) is 0.342. The van der Waals surface area contributed by atoms with Gasteiger partial charge in [0.1, 0.15) is 22.5 Å². The van der Waals surface area contributed by atoms with E-state index in [4.69, 9.17) is 14.5 Å². The van der Waals surface area contributed by atoms with Crippen LogP contribution < -0.4 is 0 Å². The summed E-state index contributed by atoms with van der Waals surface area (Å²) in [5.74, 6) is 8.98. The van der Waals surface area contributed by atoms with E-state index in [-0.39, 0.29) is 17.6 Å². The van der Waals surface area contributed by atoms with E-state index in [9.17, 15) is 4.79 Å². The minimum Gasteiger partial charge on any atom is -0.444 e. The van der Waals surface area contributed by atoms with Gasteiger partial charge in [-0.3, -0.25) is 9.56 Å². The van der Waals surface area contributed by atoms with E-state index >= 15 is 0 Å². The van der Waals surface area contributed by atoms with Crippen LogP contribution >= 0.6 is 11.3 Å². The molecular weight excluding hydrogens is 546 g/mol. The molecule has 1 aliphatic carbocycles. The van der Waals surface area contributed by atoms with Crippen molar-refractivity contribution in [3.63, 3.8) is 0 Å². The van der Waals surface area contributed by atoms with Crippen LogP contribution in [0.15, 0.2) is 29.3 Å². The van der Waals surface area contributed by atoms with Gasteiger partial charge in [0.25, 0.3) is 0 Å². The van der Waals surface area contributed by atoms with Crippen molar-refractivity contribution in [2.24, 2.45) is 16.3 Å². The van der Waals surface area contributed by atoms with Gasteiger partial charge < -0.3 is 14.4 Å². The molecule has 8 nitrogen and oxygen atoms in total. The molecule has 1 atom stereocenters. The molecule has 1 amide bonds. The number of benzene rings is 1. The minimum absolute atomic E-state index is 0.149. The first kappa shape index (κ1) is 28.6. The molecule has 0 bridgehead atoms. The number of carbonyl (C=O) groups excluding carboxylic acids is 1. The number of aryl methyl sites for hydroxylation is 2. The second-order valence-corrected chi connectivity index (χ2v) is 14.2. The zero-order chi connectivity index (χ0) is 29.8. The number of aliphatic imine (C=N–C) groups is 1. The van der Waals surface area contributed by atoms with E-state index in [1.807, 2.05) is 32.6 Å². The van der Waals surface area contributed by atoms with Crippen LogP contribution in [-0.4, -0.2) is 63.9 Å². The summed E-state index contributed by atoms with van der Waals surface area (Å²) in [7, 11) is 1.72. The monoisotopic (exact) mass is 585 g/mol. The van der Waals surface area contributed by atoms with Crippen molar-refractivity contribution < 1.29 is 14.3 Å². The lowest BCUT2D eigenvalue weighted by Gasteiger charge is -2.57. The van der Waals surface area contributed by atoms with Crippen molar-refractivity contribution in [2.45, 2.75) is 72.4 Å². The molecule has 3 aromatic rings. The molecule has 1 aromatic carbocycles. The molecule has 2 fully saturated rings. The van der Waals surface area contributed by atoms with E-state index in [0.29, 0.717) is 12.5 Å². The molecule has 1 saturated heterocycles. The van der Waals surface area contributed by atoms with Gasteiger partial charge in [0.2, 0.25) is 0 Å². The van der Waals surface area contributed by atoms with Crippen LogP contribution in [0.5, 0.6) is 0 Å². The maximum absolute atomic E-state index is 12.3. The molecule has 4 heterocycles. The van der Waals surface area contributed by atoms with Crippen LogP contribution in [0.2, 0.25) is 0 Å². The maximum atomic E-state index is 12.3. The van der Waals surface area contributed by atoms with Gasteiger partial charge in [-0.2, -0.15) is 0 Å². The Labute approximate surface area is 252 Å². The Morgan fingerprint density at radius 3 is 2.50 bits per heavy atom. The normalized spacial score (nSPS) is 19.1. The van der Waals surface area contributed by atoms with Crippen molar-refractivity contribution in [1.29, 1.82) is 0 Å². The van der Waals surface area contributed by atoms with Crippen molar-refractivity contribution in [3.05, 3.63) is 63.0 Å². The summed E-state index contributed by atoms with van der Waals surface area (Å²) in [6.07, 6.45) is 2.61. The van der Waals surface area contributed by atoms with E-state index in [0.717, 1.165) is 71.4 Å². The highest BCUT2D eigenvalue weighted by Crippen LogP contribution is 2.52. The largest absolute Gasteiger partial charge is 0.444 e. The minimum atomic E-state index is -0.457. The zero-order valence-electron chi connectivity index (χ0n) is 25.6. The summed E-state index contributed by atoms with van der Waals surface area (Å²) < 4.78 is 13.1. The third-order valence-electron chi connectivity index (χ3n) is 8.48. The van der Waals surface area contributed by atoms with Crippen molar-refractivity contribution in [3.8, 4) is 16.8 Å². The molecule has 1 spiro atoms. The Balaban J connectivity index is 1.18. The Bertz CT molecular complexity index is 1600. The van der Waals surface area contributed by atoms with E-state index in [1.165, 1.54) is 10.4 Å². The van der Waals surface area contributed by atoms with Gasteiger partial charge in [-0.15, -0.1) is 21.5 Å². The number of amides is 1. The summed E-state index contributed by atoms with van der Waals surface area (Å²) in [6, 6.07) is 8.32. The molecule has 2 aliphatic heterocycles. The van der Waals surface area contributed by atoms with Gasteiger partial charge >= 0.3 is 6.09 Å². The number of thiophene rings is 1. The highest BCUT2D eigenvalue weighted by Gasteiger charge is 2.54. The second-order valence-electron chi connectivity index (χ2n) is 13.0. The lowest BCUT2D eigenvalue weighted by molar-refractivity contribution is -0.0832. The van der Waals surface area contributed by atoms with Crippen LogP contribution in [-0.2, 0) is 9.47 Å². The SMILES string of the molecule is COCC[C@@H]1N=C(c2ccc(C#CC3CC4(C3)CN(C(=O)OC(C)(C)C)C4)cc2)c2c(sc(C)c2C)-n2c(C)nnc21. The van der Waals surface area contributed by atoms with Gasteiger partial charge in [0.15, 0.2) is 5.82 Å². The molecule has 3 aliphatic rings. The number of ether oxygens (including phenoxy) is 2. The van der Waals surface area contributed by atoms with Crippen LogP contribution in [0, 0.1) is 43.9 Å². The lowest BCUT2D eigenvalue weighted by Crippen LogP contribution is -2.64. The number of hydrogen-bond acceptors (Lipinski definition) is 7. The molecule has 42 heavy (non-hydrogen) atoms. The van der Waals surface area contributed by atoms with Gasteiger partial charge in [-0.25, -0.2) is 4.79 Å². The maximum Gasteiger partial charge on any atom is 0.410 e. The number of likely N-dealkylation sites (tertiary alicyclic amines) is 1. The second kappa shape index (κ2) is 10.7. The van der Waals surface area contributed by atoms with Crippen LogP contribution in [0.3, 0.4) is 0 Å². The first-order chi connectivity index (χ1) is 20.0. The van der Waals surface area contributed by atoms with Crippen LogP contribution in [0.25, 0.3) is 5.00 Å². The molecule has 6 rings (SSSR count). The molecule has 0 N–H and O–H groups in total. The molecule has 220 valence electrons. The third-order valence-corrected chi connectivity index (χ3v) is 9.67. The summed E-state index contributed by atoms with van der Waals surface area (Å²) in [6.45, 7) is 14.2. The standard InChI is InChI=1S/C33H39N5O3S/c1-20-21(2)42-30-27(20)28(34-26(14-15-40-7)29-36-35-22(3)38(29)30)25-12-10-23(11-13-25)8-9-24-16-33(17-24)18-37(19-33)31(39)41-32(4,5)6/h10-13,24,26H,14-19H2,1-7H3/t26-/m0/s1. The van der Waals surface area contributed by atoms with Gasteiger partial charge in [-0.1, -0.05) is 24.0 Å². The fourth-order valence-electron chi connectivity index (χ4n) is 6.27. The summed E-state index contributed by atoms with van der Waals surface area (Å²) in [5.41, 5.74) is 5.22. The Morgan fingerprint density at radius 1 is 1.12 bits per heavy atom. The first-order valence-corrected chi connectivity index (χ1v) is 15.5. The molecular formula is C33H39N5O3S. The van der Waals surface area contributed by atoms with Crippen molar-refractivity contribution >= 4 is 23.1 Å². The first-order valence-electron chi connectivity index (χ1n) is 14.7. The smallest absolute Gasteiger partial charge is 0.410 e. The van der Waals surface area contributed by atoms with Crippen molar-refractivity contribution in [1.82, 2.24) is 19.7 Å². The van der Waals surface area contributed by atoms with E-state index < -0.39 is 5.60 Å². The molecule has 1 saturated carbocycles. The highest BCUT2D eigenvalue weighted by atomic mass is 32.1. The summed E-state index contributed by atoms with van der Waals surface area (Å²) in [4.78, 5) is 20.7. The predicted molar refractivity (Wildman–Crippen MR) is 165 cm³/mol. The van der Waals surface area contributed by atoms with E-state index in [2.05, 4.69) is 64.7 Å². The van der Waals surface area contributed by atoms with Gasteiger partial charge in [0, 0.05) is 66.1 Å². The van der Waals surface area contributed by atoms with E-state index in [1.54, 1.807) is 18.4 Å². The number of methoxy groups -OCH3 is 1. The third kappa shape index (κ3) is 5.27. The van der Waals surface area contributed by atoms with Gasteiger partial charge in [0.05, 0.1) is 5.71 Å². The zero-order valence-corrected chi connectivity index (χ0v) is 26.4. The fraction of sp³-hybridized carbons (Fsp3) is 0.515. The number of carbonyl (C=O) groups is 1. The number of fused-ring (bicyclic) bond motifs is 3. The molecule has 9 heteroatoms. The molecule has 2 aromatic heterocycles. The Hall–Kier alpha value is -3.48. The summed E-state index contributed by atoms with van der Waals surface area (Å²) >= 11 is 1.77. The lowest BCUT2D eigenvalue weighted by atomic mass is 9.58. The fourth-order valence-corrected chi connectivity index (χ4v) is 7.49. The summed E-state index contributed by atoms with van der Waals surface area (Å²) in [5, 5.41) is 10.1. The average Bonchev–Trinajstić information content (AvgIpc) is 3.36. The predicted octanol–water partition coefficient (Wildman–Crippen LogP) is 6.18. The van der Waals surface area contributed by atoms with Crippen molar-refractivity contribution in [2.75, 3.05) is 26.8 Å². The number of nitrogens with zero attached hydrogens (tertiary/aromatic N) is 5. The molecule has 0 radical (unpaired) electrons. The Morgan fingerprint density at radius 2 is 1.83 bits per heavy atom.